The molecule has 0 radical (unpaired) electrons. The van der Waals surface area contributed by atoms with Crippen LogP contribution in [0.15, 0.2) is 59.7 Å². The maximum absolute atomic E-state index is 12.6. The number of hydrazone groups is 1. The number of aryl methyl sites for hydroxylation is 1. The molecule has 1 aliphatic heterocycles. The van der Waals surface area contributed by atoms with Crippen LogP contribution in [0.5, 0.6) is 5.75 Å². The molecule has 3 N–H and O–H groups in total. The van der Waals surface area contributed by atoms with Crippen LogP contribution in [0.2, 0.25) is 0 Å². The predicted octanol–water partition coefficient (Wildman–Crippen LogP) is 2.59. The van der Waals surface area contributed by atoms with E-state index in [2.05, 4.69) is 45.6 Å². The van der Waals surface area contributed by atoms with Crippen LogP contribution in [0.1, 0.15) is 29.2 Å². The standard InChI is InChI=1S/C22H24N4O2/c1-28-19-11-5-3-8-16(19)9-6-14-23-26-22(27)21-18-13-12-15-7-2-4-10-17(15)20(18)24-25-21/h2-11,14,18,20-21,24-25H,12-13H2,1H3,(H,26,27)/b9-6+,23-14+. The summed E-state index contributed by atoms with van der Waals surface area (Å²) in [5, 5.41) is 4.05. The van der Waals surface area contributed by atoms with E-state index in [1.165, 1.54) is 11.1 Å². The van der Waals surface area contributed by atoms with Gasteiger partial charge in [-0.2, -0.15) is 5.10 Å². The lowest BCUT2D eigenvalue weighted by Gasteiger charge is -2.29. The van der Waals surface area contributed by atoms with Crippen LogP contribution in [-0.4, -0.2) is 25.3 Å². The molecule has 3 atom stereocenters. The van der Waals surface area contributed by atoms with Crippen LogP contribution in [0.25, 0.3) is 6.08 Å². The van der Waals surface area contributed by atoms with E-state index in [0.29, 0.717) is 0 Å². The number of methoxy groups -OCH3 is 1. The van der Waals surface area contributed by atoms with Gasteiger partial charge >= 0.3 is 0 Å². The SMILES string of the molecule is COc1ccccc1/C=C/C=N/NC(=O)C1NNC2c3ccccc3CCC12. The average molecular weight is 376 g/mol. The van der Waals surface area contributed by atoms with Gasteiger partial charge in [0.05, 0.1) is 13.2 Å². The topological polar surface area (TPSA) is 74.8 Å². The molecular weight excluding hydrogens is 352 g/mol. The third-order valence-corrected chi connectivity index (χ3v) is 5.42. The number of nitrogens with zero attached hydrogens (tertiary/aromatic N) is 1. The molecular formula is C22H24N4O2. The first-order chi connectivity index (χ1) is 13.8. The van der Waals surface area contributed by atoms with Crippen LogP contribution in [0, 0.1) is 5.92 Å². The quantitative estimate of drug-likeness (QED) is 0.554. The van der Waals surface area contributed by atoms with Crippen molar-refractivity contribution in [1.82, 2.24) is 16.3 Å². The molecule has 4 rings (SSSR count). The van der Waals surface area contributed by atoms with Crippen LogP contribution in [0.3, 0.4) is 0 Å². The summed E-state index contributed by atoms with van der Waals surface area (Å²) in [6, 6.07) is 16.0. The molecule has 0 bridgehead atoms. The summed E-state index contributed by atoms with van der Waals surface area (Å²) >= 11 is 0. The second kappa shape index (κ2) is 8.37. The van der Waals surface area contributed by atoms with E-state index in [-0.39, 0.29) is 23.9 Å². The minimum atomic E-state index is -0.297. The number of hydrazine groups is 1. The summed E-state index contributed by atoms with van der Waals surface area (Å²) in [4.78, 5) is 12.6. The first-order valence-electron chi connectivity index (χ1n) is 9.49. The second-order valence-electron chi connectivity index (χ2n) is 7.00. The Labute approximate surface area is 164 Å². The minimum Gasteiger partial charge on any atom is -0.496 e. The van der Waals surface area contributed by atoms with E-state index in [9.17, 15) is 4.79 Å². The Hall–Kier alpha value is -2.96. The van der Waals surface area contributed by atoms with Gasteiger partial charge in [0.15, 0.2) is 0 Å². The molecule has 2 aromatic rings. The summed E-state index contributed by atoms with van der Waals surface area (Å²) in [6.45, 7) is 0. The smallest absolute Gasteiger partial charge is 0.258 e. The largest absolute Gasteiger partial charge is 0.496 e. The van der Waals surface area contributed by atoms with Gasteiger partial charge in [-0.15, -0.1) is 0 Å². The number of hydrogen-bond donors (Lipinski definition) is 3. The molecule has 28 heavy (non-hydrogen) atoms. The number of allylic oxidation sites excluding steroid dienone is 1. The predicted molar refractivity (Wildman–Crippen MR) is 110 cm³/mol. The molecule has 1 heterocycles. The van der Waals surface area contributed by atoms with Crippen molar-refractivity contribution in [2.45, 2.75) is 24.9 Å². The highest BCUT2D eigenvalue weighted by atomic mass is 16.5. The fourth-order valence-corrected chi connectivity index (χ4v) is 4.04. The van der Waals surface area contributed by atoms with Gasteiger partial charge in [0.2, 0.25) is 0 Å². The van der Waals surface area contributed by atoms with Gasteiger partial charge < -0.3 is 4.74 Å². The number of ether oxygens (including phenoxy) is 1. The number of rotatable bonds is 5. The molecule has 0 aromatic heterocycles. The zero-order valence-corrected chi connectivity index (χ0v) is 15.8. The van der Waals surface area contributed by atoms with Gasteiger partial charge in [0, 0.05) is 17.7 Å². The number of para-hydroxylation sites is 1. The van der Waals surface area contributed by atoms with E-state index in [4.69, 9.17) is 4.74 Å². The monoisotopic (exact) mass is 376 g/mol. The summed E-state index contributed by atoms with van der Waals surface area (Å²) in [5.41, 5.74) is 12.7. The number of carbonyl (C=O) groups excluding carboxylic acids is 1. The fraction of sp³-hybridized carbons (Fsp3) is 0.273. The highest BCUT2D eigenvalue weighted by molar-refractivity contribution is 5.85. The van der Waals surface area contributed by atoms with Crippen LogP contribution < -0.4 is 21.0 Å². The van der Waals surface area contributed by atoms with Crippen molar-refractivity contribution >= 4 is 18.2 Å². The van der Waals surface area contributed by atoms with E-state index in [1.807, 2.05) is 30.3 Å². The summed E-state index contributed by atoms with van der Waals surface area (Å²) in [5.74, 6) is 0.886. The molecule has 3 unspecified atom stereocenters. The molecule has 0 spiro atoms. The molecule has 2 aliphatic rings. The van der Waals surface area contributed by atoms with E-state index in [1.54, 1.807) is 19.4 Å². The number of hydrogen-bond acceptors (Lipinski definition) is 5. The van der Waals surface area contributed by atoms with Crippen molar-refractivity contribution in [2.24, 2.45) is 11.0 Å². The number of fused-ring (bicyclic) bond motifs is 3. The Kier molecular flexibility index (Phi) is 5.50. The Morgan fingerprint density at radius 3 is 2.89 bits per heavy atom. The van der Waals surface area contributed by atoms with Crippen LogP contribution in [0.4, 0.5) is 0 Å². The third-order valence-electron chi connectivity index (χ3n) is 5.42. The van der Waals surface area contributed by atoms with Gasteiger partial charge in [-0.3, -0.25) is 4.79 Å². The minimum absolute atomic E-state index is 0.124. The van der Waals surface area contributed by atoms with Gasteiger partial charge in [0.25, 0.3) is 5.91 Å². The van der Waals surface area contributed by atoms with Crippen molar-refractivity contribution < 1.29 is 9.53 Å². The second-order valence-corrected chi connectivity index (χ2v) is 7.00. The molecule has 1 saturated heterocycles. The summed E-state index contributed by atoms with van der Waals surface area (Å²) in [6.07, 6.45) is 7.20. The Balaban J connectivity index is 1.35. The lowest BCUT2D eigenvalue weighted by Crippen LogP contribution is -2.44. The lowest BCUT2D eigenvalue weighted by molar-refractivity contribution is -0.123. The lowest BCUT2D eigenvalue weighted by atomic mass is 9.77. The van der Waals surface area contributed by atoms with E-state index >= 15 is 0 Å². The van der Waals surface area contributed by atoms with E-state index in [0.717, 1.165) is 24.2 Å². The number of amides is 1. The molecule has 144 valence electrons. The third kappa shape index (κ3) is 3.69. The van der Waals surface area contributed by atoms with Gasteiger partial charge in [0.1, 0.15) is 11.8 Å². The molecule has 6 heteroatoms. The van der Waals surface area contributed by atoms with Crippen molar-refractivity contribution in [2.75, 3.05) is 7.11 Å². The summed E-state index contributed by atoms with van der Waals surface area (Å²) < 4.78 is 5.30. The van der Waals surface area contributed by atoms with Crippen molar-refractivity contribution in [3.8, 4) is 5.75 Å². The number of nitrogens with one attached hydrogen (secondary N) is 3. The molecule has 2 aromatic carbocycles. The first kappa shape index (κ1) is 18.4. The maximum atomic E-state index is 12.6. The number of carbonyl (C=O) groups is 1. The Morgan fingerprint density at radius 2 is 2.00 bits per heavy atom. The summed E-state index contributed by atoms with van der Waals surface area (Å²) in [7, 11) is 1.64. The molecule has 6 nitrogen and oxygen atoms in total. The Morgan fingerprint density at radius 1 is 1.18 bits per heavy atom. The fourth-order valence-electron chi connectivity index (χ4n) is 4.04. The van der Waals surface area contributed by atoms with Crippen LogP contribution >= 0.6 is 0 Å². The van der Waals surface area contributed by atoms with E-state index < -0.39 is 0 Å². The van der Waals surface area contributed by atoms with Gasteiger partial charge in [-0.25, -0.2) is 16.3 Å². The van der Waals surface area contributed by atoms with Crippen molar-refractivity contribution in [3.63, 3.8) is 0 Å². The highest BCUT2D eigenvalue weighted by Gasteiger charge is 2.43. The molecule has 1 amide bonds. The molecule has 1 aliphatic carbocycles. The average Bonchev–Trinajstić information content (AvgIpc) is 3.18. The van der Waals surface area contributed by atoms with Crippen molar-refractivity contribution in [1.29, 1.82) is 0 Å². The van der Waals surface area contributed by atoms with Crippen LogP contribution in [-0.2, 0) is 11.2 Å². The molecule has 0 saturated carbocycles. The Bertz CT molecular complexity index is 909. The molecule has 1 fully saturated rings. The zero-order chi connectivity index (χ0) is 19.3. The van der Waals surface area contributed by atoms with Gasteiger partial charge in [-0.1, -0.05) is 42.5 Å². The van der Waals surface area contributed by atoms with Gasteiger partial charge in [-0.05, 0) is 42.2 Å². The zero-order valence-electron chi connectivity index (χ0n) is 15.8. The highest BCUT2D eigenvalue weighted by Crippen LogP contribution is 2.38. The number of benzene rings is 2. The maximum Gasteiger partial charge on any atom is 0.258 e. The first-order valence-corrected chi connectivity index (χ1v) is 9.49. The van der Waals surface area contributed by atoms with Crippen molar-refractivity contribution in [3.05, 3.63) is 71.3 Å². The normalized spacial score (nSPS) is 23.5.